The number of hydrogen-bond acceptors (Lipinski definition) is 3. The Kier molecular flexibility index (Phi) is 7.21. The summed E-state index contributed by atoms with van der Waals surface area (Å²) in [7, 11) is 0. The van der Waals surface area contributed by atoms with Gasteiger partial charge in [-0.05, 0) is 42.9 Å². The van der Waals surface area contributed by atoms with Gasteiger partial charge in [0.25, 0.3) is 0 Å². The van der Waals surface area contributed by atoms with Crippen LogP contribution in [0.3, 0.4) is 0 Å². The summed E-state index contributed by atoms with van der Waals surface area (Å²) in [5.74, 6) is 0.650. The highest BCUT2D eigenvalue weighted by atomic mass is 19.4. The number of hydrogen-bond donors (Lipinski definition) is 0. The summed E-state index contributed by atoms with van der Waals surface area (Å²) in [6.45, 7) is 12.5. The molecule has 0 aromatic heterocycles. The molecule has 0 N–H and O–H groups in total. The Hall–Kier alpha value is -1.43. The van der Waals surface area contributed by atoms with Crippen molar-refractivity contribution in [1.29, 1.82) is 0 Å². The van der Waals surface area contributed by atoms with Crippen LogP contribution in [0.1, 0.15) is 52.0 Å². The molecule has 1 aromatic rings. The van der Waals surface area contributed by atoms with Crippen molar-refractivity contribution < 1.29 is 17.9 Å². The number of benzene rings is 1. The molecule has 0 aliphatic carbocycles. The first kappa shape index (κ1) is 20.9. The first-order chi connectivity index (χ1) is 12.2. The highest BCUT2D eigenvalue weighted by Gasteiger charge is 2.35. The Bertz CT molecular complexity index is 567. The molecule has 1 unspecified atom stereocenters. The van der Waals surface area contributed by atoms with E-state index in [1.165, 1.54) is 0 Å². The van der Waals surface area contributed by atoms with Crippen molar-refractivity contribution in [2.75, 3.05) is 37.6 Å². The summed E-state index contributed by atoms with van der Waals surface area (Å²) in [5.41, 5.74) is 1.19. The minimum absolute atomic E-state index is 0.0135. The van der Waals surface area contributed by atoms with Crippen molar-refractivity contribution in [2.45, 2.75) is 52.8 Å². The molecule has 1 aliphatic rings. The molecular weight excluding hydrogens is 341 g/mol. The van der Waals surface area contributed by atoms with Gasteiger partial charge in [-0.1, -0.05) is 39.8 Å². The van der Waals surface area contributed by atoms with Gasteiger partial charge in [0.1, 0.15) is 0 Å². The molecule has 1 atom stereocenters. The zero-order valence-corrected chi connectivity index (χ0v) is 16.3. The van der Waals surface area contributed by atoms with Crippen molar-refractivity contribution in [2.24, 2.45) is 5.92 Å². The van der Waals surface area contributed by atoms with E-state index in [2.05, 4.69) is 23.5 Å². The molecule has 3 nitrogen and oxygen atoms in total. The molecule has 0 radical (unpaired) electrons. The van der Waals surface area contributed by atoms with Gasteiger partial charge in [0.05, 0.1) is 5.69 Å². The van der Waals surface area contributed by atoms with Crippen LogP contribution in [0, 0.1) is 5.92 Å². The second kappa shape index (κ2) is 8.98. The van der Waals surface area contributed by atoms with E-state index in [0.717, 1.165) is 45.6 Å². The number of rotatable bonds is 7. The predicted molar refractivity (Wildman–Crippen MR) is 99.9 cm³/mol. The lowest BCUT2D eigenvalue weighted by atomic mass is 9.96. The number of nitrogens with zero attached hydrogens (tertiary/aromatic N) is 2. The molecular formula is C20H31F3N2O. The predicted octanol–water partition coefficient (Wildman–Crippen LogP) is 5.27. The third-order valence-corrected chi connectivity index (χ3v) is 5.12. The highest BCUT2D eigenvalue weighted by molar-refractivity contribution is 5.63. The van der Waals surface area contributed by atoms with Crippen LogP contribution in [0.15, 0.2) is 18.2 Å². The number of anilines is 1. The molecule has 1 saturated heterocycles. The molecule has 26 heavy (non-hydrogen) atoms. The van der Waals surface area contributed by atoms with Crippen LogP contribution in [0.25, 0.3) is 0 Å². The van der Waals surface area contributed by atoms with Crippen LogP contribution >= 0.6 is 0 Å². The van der Waals surface area contributed by atoms with Crippen molar-refractivity contribution >= 4 is 5.69 Å². The SMILES string of the molecule is CCC(C)c1cccc(N2CCN(CCC(C)C)CC2)c1OC(F)(F)F. The van der Waals surface area contributed by atoms with E-state index in [9.17, 15) is 13.2 Å². The average molecular weight is 372 g/mol. The van der Waals surface area contributed by atoms with E-state index in [-0.39, 0.29) is 11.7 Å². The Balaban J connectivity index is 2.18. The Morgan fingerprint density at radius 3 is 2.27 bits per heavy atom. The summed E-state index contributed by atoms with van der Waals surface area (Å²) in [6, 6.07) is 5.33. The van der Waals surface area contributed by atoms with Crippen LogP contribution in [-0.4, -0.2) is 44.0 Å². The van der Waals surface area contributed by atoms with Crippen LogP contribution in [0.4, 0.5) is 18.9 Å². The van der Waals surface area contributed by atoms with Gasteiger partial charge in [-0.25, -0.2) is 0 Å². The maximum Gasteiger partial charge on any atom is 0.573 e. The molecule has 1 heterocycles. The van der Waals surface area contributed by atoms with Gasteiger partial charge in [0, 0.05) is 26.2 Å². The lowest BCUT2D eigenvalue weighted by molar-refractivity contribution is -0.274. The standard InChI is InChI=1S/C20H31F3N2O/c1-5-16(4)17-7-6-8-18(19(17)26-20(21,22)23)25-13-11-24(12-14-25)10-9-15(2)3/h6-8,15-16H,5,9-14H2,1-4H3. The molecule has 0 amide bonds. The Morgan fingerprint density at radius 2 is 1.73 bits per heavy atom. The second-order valence-corrected chi connectivity index (χ2v) is 7.56. The van der Waals surface area contributed by atoms with Gasteiger partial charge in [-0.2, -0.15) is 0 Å². The third kappa shape index (κ3) is 5.79. The van der Waals surface area contributed by atoms with E-state index in [0.29, 0.717) is 17.2 Å². The fourth-order valence-electron chi connectivity index (χ4n) is 3.28. The minimum atomic E-state index is -4.68. The molecule has 1 fully saturated rings. The molecule has 0 spiro atoms. The van der Waals surface area contributed by atoms with Gasteiger partial charge < -0.3 is 9.64 Å². The van der Waals surface area contributed by atoms with Crippen LogP contribution in [-0.2, 0) is 0 Å². The summed E-state index contributed by atoms with van der Waals surface area (Å²) < 4.78 is 43.6. The van der Waals surface area contributed by atoms with Crippen molar-refractivity contribution in [3.8, 4) is 5.75 Å². The van der Waals surface area contributed by atoms with Gasteiger partial charge in [-0.15, -0.1) is 13.2 Å². The van der Waals surface area contributed by atoms with Crippen LogP contribution in [0.2, 0.25) is 0 Å². The van der Waals surface area contributed by atoms with E-state index in [4.69, 9.17) is 0 Å². The molecule has 1 aliphatic heterocycles. The van der Waals surface area contributed by atoms with Gasteiger partial charge in [0.15, 0.2) is 5.75 Å². The summed E-state index contributed by atoms with van der Waals surface area (Å²) >= 11 is 0. The van der Waals surface area contributed by atoms with E-state index >= 15 is 0 Å². The summed E-state index contributed by atoms with van der Waals surface area (Å²) in [4.78, 5) is 4.41. The normalized spacial score (nSPS) is 17.6. The molecule has 2 rings (SSSR count). The Labute approximate surface area is 155 Å². The molecule has 6 heteroatoms. The van der Waals surface area contributed by atoms with Gasteiger partial charge in [0.2, 0.25) is 0 Å². The molecule has 1 aromatic carbocycles. The van der Waals surface area contributed by atoms with Gasteiger partial charge in [-0.3, -0.25) is 4.90 Å². The summed E-state index contributed by atoms with van der Waals surface area (Å²) in [5, 5.41) is 0. The van der Waals surface area contributed by atoms with E-state index < -0.39 is 6.36 Å². The highest BCUT2D eigenvalue weighted by Crippen LogP contribution is 2.40. The maximum atomic E-state index is 13.0. The smallest absolute Gasteiger partial charge is 0.403 e. The maximum absolute atomic E-state index is 13.0. The van der Waals surface area contributed by atoms with E-state index in [1.807, 2.05) is 24.8 Å². The van der Waals surface area contributed by atoms with Crippen molar-refractivity contribution in [3.63, 3.8) is 0 Å². The lowest BCUT2D eigenvalue weighted by Gasteiger charge is -2.37. The average Bonchev–Trinajstić information content (AvgIpc) is 2.58. The number of ether oxygens (including phenoxy) is 1. The zero-order valence-electron chi connectivity index (χ0n) is 16.3. The molecule has 148 valence electrons. The number of alkyl halides is 3. The van der Waals surface area contributed by atoms with Crippen LogP contribution < -0.4 is 9.64 Å². The second-order valence-electron chi connectivity index (χ2n) is 7.56. The number of halogens is 3. The van der Waals surface area contributed by atoms with E-state index in [1.54, 1.807) is 12.1 Å². The zero-order chi connectivity index (χ0) is 19.3. The fourth-order valence-corrected chi connectivity index (χ4v) is 3.28. The van der Waals surface area contributed by atoms with Crippen LogP contribution in [0.5, 0.6) is 5.75 Å². The molecule has 0 saturated carbocycles. The lowest BCUT2D eigenvalue weighted by Crippen LogP contribution is -2.47. The molecule has 0 bridgehead atoms. The first-order valence-electron chi connectivity index (χ1n) is 9.57. The quantitative estimate of drug-likeness (QED) is 0.649. The van der Waals surface area contributed by atoms with Crippen molar-refractivity contribution in [3.05, 3.63) is 23.8 Å². The number of para-hydroxylation sites is 1. The monoisotopic (exact) mass is 372 g/mol. The summed E-state index contributed by atoms with van der Waals surface area (Å²) in [6.07, 6.45) is -2.77. The minimum Gasteiger partial charge on any atom is -0.403 e. The van der Waals surface area contributed by atoms with Crippen molar-refractivity contribution in [1.82, 2.24) is 4.90 Å². The third-order valence-electron chi connectivity index (χ3n) is 5.12. The first-order valence-corrected chi connectivity index (χ1v) is 9.57. The fraction of sp³-hybridized carbons (Fsp3) is 0.700. The Morgan fingerprint density at radius 1 is 1.08 bits per heavy atom. The van der Waals surface area contributed by atoms with Gasteiger partial charge >= 0.3 is 6.36 Å². The topological polar surface area (TPSA) is 15.7 Å². The number of piperazine rings is 1. The largest absolute Gasteiger partial charge is 0.573 e.